The largest absolute Gasteiger partial charge is 0.389 e. The van der Waals surface area contributed by atoms with E-state index in [1.807, 2.05) is 30.4 Å². The van der Waals surface area contributed by atoms with Gasteiger partial charge in [-0.15, -0.1) is 11.3 Å². The van der Waals surface area contributed by atoms with E-state index in [9.17, 15) is 5.11 Å². The summed E-state index contributed by atoms with van der Waals surface area (Å²) < 4.78 is 1.06. The first-order valence-corrected chi connectivity index (χ1v) is 8.10. The highest BCUT2D eigenvalue weighted by molar-refractivity contribution is 9.10. The Morgan fingerprint density at radius 3 is 3.00 bits per heavy atom. The molecule has 0 amide bonds. The second-order valence-corrected chi connectivity index (χ2v) is 6.84. The highest BCUT2D eigenvalue weighted by Gasteiger charge is 2.21. The predicted octanol–water partition coefficient (Wildman–Crippen LogP) is 4.13. The fraction of sp³-hybridized carbons (Fsp3) is 0.333. The Hall–Kier alpha value is -0.840. The summed E-state index contributed by atoms with van der Waals surface area (Å²) in [5, 5.41) is 12.1. The fourth-order valence-electron chi connectivity index (χ4n) is 2.60. The summed E-state index contributed by atoms with van der Waals surface area (Å²) in [5.41, 5.74) is 3.57. The van der Waals surface area contributed by atoms with Crippen LogP contribution in [0.2, 0.25) is 0 Å². The number of thiophene rings is 1. The molecule has 0 saturated heterocycles. The molecule has 0 saturated carbocycles. The molecule has 0 bridgehead atoms. The van der Waals surface area contributed by atoms with E-state index in [-0.39, 0.29) is 0 Å². The number of hydrogen-bond acceptors (Lipinski definition) is 3. The second-order valence-electron chi connectivity index (χ2n) is 4.92. The Morgan fingerprint density at radius 2 is 2.21 bits per heavy atom. The van der Waals surface area contributed by atoms with Gasteiger partial charge in [0.2, 0.25) is 0 Å². The van der Waals surface area contributed by atoms with Crippen molar-refractivity contribution in [2.45, 2.75) is 26.0 Å². The molecule has 2 nitrogen and oxygen atoms in total. The maximum atomic E-state index is 9.94. The van der Waals surface area contributed by atoms with Crippen LogP contribution in [0, 0.1) is 0 Å². The van der Waals surface area contributed by atoms with Crippen LogP contribution in [0.4, 0.5) is 5.69 Å². The lowest BCUT2D eigenvalue weighted by Gasteiger charge is -2.31. The lowest BCUT2D eigenvalue weighted by molar-refractivity contribution is 0.199. The van der Waals surface area contributed by atoms with Gasteiger partial charge in [-0.25, -0.2) is 0 Å². The van der Waals surface area contributed by atoms with Crippen molar-refractivity contribution >= 4 is 33.0 Å². The summed E-state index contributed by atoms with van der Waals surface area (Å²) in [5.74, 6) is 0. The third kappa shape index (κ3) is 2.57. The number of rotatable bonds is 2. The molecule has 1 atom stereocenters. The Morgan fingerprint density at radius 1 is 1.37 bits per heavy atom. The van der Waals surface area contributed by atoms with Crippen LogP contribution < -0.4 is 4.90 Å². The van der Waals surface area contributed by atoms with Gasteiger partial charge in [0.15, 0.2) is 0 Å². The standard InChI is InChI=1S/C15H16BrNOS/c1-10(18)13-3-2-12(16)8-14(13)17-6-4-15-11(9-17)5-7-19-15/h2-3,5,7-8,10,18H,4,6,9H2,1H3. The fourth-order valence-corrected chi connectivity index (χ4v) is 3.84. The summed E-state index contributed by atoms with van der Waals surface area (Å²) in [4.78, 5) is 3.87. The van der Waals surface area contributed by atoms with Gasteiger partial charge in [0.05, 0.1) is 6.10 Å². The van der Waals surface area contributed by atoms with Gasteiger partial charge in [-0.3, -0.25) is 0 Å². The minimum Gasteiger partial charge on any atom is -0.389 e. The summed E-state index contributed by atoms with van der Waals surface area (Å²) in [6, 6.07) is 8.32. The molecule has 1 aliphatic rings. The molecule has 19 heavy (non-hydrogen) atoms. The molecule has 1 aromatic heterocycles. The smallest absolute Gasteiger partial charge is 0.0782 e. The van der Waals surface area contributed by atoms with Crippen LogP contribution in [0.3, 0.4) is 0 Å². The average Bonchev–Trinajstić information content (AvgIpc) is 2.85. The molecule has 2 heterocycles. The van der Waals surface area contributed by atoms with Gasteiger partial charge in [0, 0.05) is 33.7 Å². The van der Waals surface area contributed by atoms with E-state index in [0.717, 1.165) is 35.2 Å². The molecular weight excluding hydrogens is 322 g/mol. The zero-order valence-corrected chi connectivity index (χ0v) is 13.2. The van der Waals surface area contributed by atoms with Gasteiger partial charge in [0.1, 0.15) is 0 Å². The Labute approximate surface area is 125 Å². The molecule has 2 aromatic rings. The normalized spacial score (nSPS) is 16.3. The van der Waals surface area contributed by atoms with Gasteiger partial charge in [-0.1, -0.05) is 22.0 Å². The maximum absolute atomic E-state index is 9.94. The number of halogens is 1. The van der Waals surface area contributed by atoms with Crippen LogP contribution in [-0.4, -0.2) is 11.7 Å². The first-order chi connectivity index (χ1) is 9.15. The summed E-state index contributed by atoms with van der Waals surface area (Å²) in [6.45, 7) is 3.78. The SMILES string of the molecule is CC(O)c1ccc(Br)cc1N1CCc2sccc2C1. The Balaban J connectivity index is 1.97. The third-order valence-corrected chi connectivity index (χ3v) is 5.11. The van der Waals surface area contributed by atoms with Crippen molar-refractivity contribution in [2.24, 2.45) is 0 Å². The number of anilines is 1. The third-order valence-electron chi connectivity index (χ3n) is 3.59. The van der Waals surface area contributed by atoms with Crippen LogP contribution in [0.15, 0.2) is 34.1 Å². The van der Waals surface area contributed by atoms with E-state index in [1.165, 1.54) is 10.4 Å². The van der Waals surface area contributed by atoms with Crippen molar-refractivity contribution < 1.29 is 5.11 Å². The van der Waals surface area contributed by atoms with Gasteiger partial charge >= 0.3 is 0 Å². The molecular formula is C15H16BrNOS. The molecule has 1 aromatic carbocycles. The van der Waals surface area contributed by atoms with E-state index in [0.29, 0.717) is 0 Å². The minimum atomic E-state index is -0.438. The Kier molecular flexibility index (Phi) is 3.65. The van der Waals surface area contributed by atoms with Gasteiger partial charge in [0.25, 0.3) is 0 Å². The second kappa shape index (κ2) is 5.27. The number of hydrogen-bond donors (Lipinski definition) is 1. The predicted molar refractivity (Wildman–Crippen MR) is 83.8 cm³/mol. The molecule has 3 rings (SSSR count). The van der Waals surface area contributed by atoms with E-state index in [4.69, 9.17) is 0 Å². The monoisotopic (exact) mass is 337 g/mol. The highest BCUT2D eigenvalue weighted by atomic mass is 79.9. The van der Waals surface area contributed by atoms with Crippen LogP contribution >= 0.6 is 27.3 Å². The molecule has 0 fully saturated rings. The van der Waals surface area contributed by atoms with E-state index in [1.54, 1.807) is 0 Å². The number of aliphatic hydroxyl groups is 1. The first-order valence-electron chi connectivity index (χ1n) is 6.43. The number of nitrogens with zero attached hydrogens (tertiary/aromatic N) is 1. The van der Waals surface area contributed by atoms with Gasteiger partial charge < -0.3 is 10.0 Å². The van der Waals surface area contributed by atoms with E-state index < -0.39 is 6.10 Å². The van der Waals surface area contributed by atoms with Crippen molar-refractivity contribution in [1.82, 2.24) is 0 Å². The van der Waals surface area contributed by atoms with Crippen molar-refractivity contribution in [3.63, 3.8) is 0 Å². The van der Waals surface area contributed by atoms with Crippen LogP contribution in [-0.2, 0) is 13.0 Å². The highest BCUT2D eigenvalue weighted by Crippen LogP contribution is 2.34. The molecule has 0 aliphatic carbocycles. The summed E-state index contributed by atoms with van der Waals surface area (Å²) >= 11 is 5.38. The molecule has 1 unspecified atom stereocenters. The molecule has 1 aliphatic heterocycles. The van der Waals surface area contributed by atoms with Gasteiger partial charge in [-0.05, 0) is 42.5 Å². The number of benzene rings is 1. The van der Waals surface area contributed by atoms with Crippen molar-refractivity contribution in [3.8, 4) is 0 Å². The average molecular weight is 338 g/mol. The summed E-state index contributed by atoms with van der Waals surface area (Å²) in [7, 11) is 0. The summed E-state index contributed by atoms with van der Waals surface area (Å²) in [6.07, 6.45) is 0.658. The minimum absolute atomic E-state index is 0.438. The maximum Gasteiger partial charge on any atom is 0.0782 e. The van der Waals surface area contributed by atoms with Crippen LogP contribution in [0.1, 0.15) is 29.0 Å². The van der Waals surface area contributed by atoms with Crippen LogP contribution in [0.25, 0.3) is 0 Å². The molecule has 1 N–H and O–H groups in total. The van der Waals surface area contributed by atoms with E-state index >= 15 is 0 Å². The van der Waals surface area contributed by atoms with Crippen molar-refractivity contribution in [3.05, 3.63) is 50.1 Å². The van der Waals surface area contributed by atoms with Crippen molar-refractivity contribution in [2.75, 3.05) is 11.4 Å². The van der Waals surface area contributed by atoms with Crippen molar-refractivity contribution in [1.29, 1.82) is 0 Å². The quantitative estimate of drug-likeness (QED) is 0.890. The molecule has 4 heteroatoms. The van der Waals surface area contributed by atoms with E-state index in [2.05, 4.69) is 38.3 Å². The first kappa shape index (κ1) is 13.2. The molecule has 0 spiro atoms. The topological polar surface area (TPSA) is 23.5 Å². The molecule has 0 radical (unpaired) electrons. The Bertz CT molecular complexity index is 594. The zero-order chi connectivity index (χ0) is 13.4. The van der Waals surface area contributed by atoms with Crippen LogP contribution in [0.5, 0.6) is 0 Å². The zero-order valence-electron chi connectivity index (χ0n) is 10.8. The number of aliphatic hydroxyl groups excluding tert-OH is 1. The van der Waals surface area contributed by atoms with Gasteiger partial charge in [-0.2, -0.15) is 0 Å². The lowest BCUT2D eigenvalue weighted by Crippen LogP contribution is -2.30. The number of fused-ring (bicyclic) bond motifs is 1. The molecule has 100 valence electrons. The lowest BCUT2D eigenvalue weighted by atomic mass is 10.0.